The third kappa shape index (κ3) is 2.70. The van der Waals surface area contributed by atoms with Crippen LogP contribution in [0.2, 0.25) is 0 Å². The third-order valence-electron chi connectivity index (χ3n) is 8.48. The van der Waals surface area contributed by atoms with Gasteiger partial charge >= 0.3 is 0 Å². The summed E-state index contributed by atoms with van der Waals surface area (Å²) in [6.07, 6.45) is 8.34. The molecule has 30 heavy (non-hydrogen) atoms. The van der Waals surface area contributed by atoms with Gasteiger partial charge in [0.25, 0.3) is 0 Å². The van der Waals surface area contributed by atoms with Gasteiger partial charge in [0.2, 0.25) is 0 Å². The minimum Gasteiger partial charge on any atom is -0.396 e. The zero-order valence-corrected chi connectivity index (χ0v) is 18.9. The molecular weight excluding hydrogens is 497 g/mol. The Morgan fingerprint density at radius 3 is 2.43 bits per heavy atom. The molecule has 2 aromatic rings. The summed E-state index contributed by atoms with van der Waals surface area (Å²) in [4.78, 5) is 14.0. The Labute approximate surface area is 188 Å². The molecule has 0 saturated heterocycles. The summed E-state index contributed by atoms with van der Waals surface area (Å²) in [5.74, 6) is 2.24. The second-order valence-corrected chi connectivity index (χ2v) is 10.8. The van der Waals surface area contributed by atoms with Crippen LogP contribution in [0.4, 0.5) is 5.82 Å². The Balaban J connectivity index is 1.36. The molecule has 6 rings (SSSR count). The van der Waals surface area contributed by atoms with Crippen molar-refractivity contribution >= 4 is 39.6 Å². The van der Waals surface area contributed by atoms with E-state index in [1.807, 2.05) is 4.57 Å². The molecule has 4 saturated carbocycles. The fourth-order valence-corrected chi connectivity index (χ4v) is 6.60. The first-order valence-corrected chi connectivity index (χ1v) is 12.2. The third-order valence-corrected chi connectivity index (χ3v) is 8.96. The number of nitrogens with zero attached hydrogens (tertiary/aromatic N) is 4. The normalized spacial score (nSPS) is 36.0. The molecule has 0 spiro atoms. The first-order chi connectivity index (χ1) is 14.5. The van der Waals surface area contributed by atoms with Crippen molar-refractivity contribution < 1.29 is 15.3 Å². The maximum Gasteiger partial charge on any atom is 0.194 e. The quantitative estimate of drug-likeness (QED) is 0.337. The lowest BCUT2D eigenvalue weighted by atomic mass is 9.68. The number of aliphatic hydroxyl groups is 3. The summed E-state index contributed by atoms with van der Waals surface area (Å²) in [6.45, 7) is -0.108. The van der Waals surface area contributed by atoms with Crippen LogP contribution < -0.4 is 5.32 Å². The lowest BCUT2D eigenvalue weighted by molar-refractivity contribution is -0.0300. The molecule has 4 N–H and O–H groups in total. The van der Waals surface area contributed by atoms with Crippen LogP contribution in [0, 0.1) is 27.0 Å². The summed E-state index contributed by atoms with van der Waals surface area (Å²) in [5.41, 5.74) is 0.833. The monoisotopic (exact) mass is 525 g/mol. The number of aromatic nitrogens is 4. The summed E-state index contributed by atoms with van der Waals surface area (Å²) in [5, 5.41) is 34.8. The molecule has 4 aliphatic rings. The smallest absolute Gasteiger partial charge is 0.194 e. The van der Waals surface area contributed by atoms with Crippen molar-refractivity contribution in [2.45, 2.75) is 69.2 Å². The largest absolute Gasteiger partial charge is 0.396 e. The topological polar surface area (TPSA) is 116 Å². The van der Waals surface area contributed by atoms with Gasteiger partial charge in [-0.2, -0.15) is 0 Å². The molecule has 0 aromatic carbocycles. The molecule has 0 unspecified atom stereocenters. The van der Waals surface area contributed by atoms with Gasteiger partial charge in [-0.25, -0.2) is 15.0 Å². The van der Waals surface area contributed by atoms with E-state index in [1.165, 1.54) is 38.5 Å². The standard InChI is InChI=1S/C21H28IN5O3/c22-20-25-18(24-13(10-3-1-4-10)11-5-2-6-11)14-19(26-20)27(9-23-14)15-12-7-21(12,8-28)17(30)16(15)29/h9-13,15-17,28-30H,1-8H2,(H,24,25,26)/t12-,15-,16+,17+,21+/m1/s1. The van der Waals surface area contributed by atoms with Crippen LogP contribution in [0.5, 0.6) is 0 Å². The van der Waals surface area contributed by atoms with Crippen molar-refractivity contribution in [1.29, 1.82) is 0 Å². The molecule has 0 radical (unpaired) electrons. The van der Waals surface area contributed by atoms with Crippen LogP contribution in [0.1, 0.15) is 51.0 Å². The van der Waals surface area contributed by atoms with Gasteiger partial charge in [-0.15, -0.1) is 0 Å². The van der Waals surface area contributed by atoms with E-state index in [0.29, 0.717) is 33.8 Å². The van der Waals surface area contributed by atoms with Crippen molar-refractivity contribution in [2.75, 3.05) is 11.9 Å². The fourth-order valence-electron chi connectivity index (χ4n) is 6.14. The molecule has 2 heterocycles. The van der Waals surface area contributed by atoms with Crippen LogP contribution in [0.25, 0.3) is 11.2 Å². The van der Waals surface area contributed by atoms with Crippen LogP contribution in [0.3, 0.4) is 0 Å². The number of hydrogen-bond donors (Lipinski definition) is 4. The predicted octanol–water partition coefficient (Wildman–Crippen LogP) is 2.09. The van der Waals surface area contributed by atoms with Gasteiger partial charge in [0.15, 0.2) is 20.8 Å². The van der Waals surface area contributed by atoms with Gasteiger partial charge in [-0.05, 0) is 49.9 Å². The van der Waals surface area contributed by atoms with Crippen molar-refractivity contribution in [2.24, 2.45) is 23.2 Å². The number of imidazole rings is 1. The lowest BCUT2D eigenvalue weighted by Crippen LogP contribution is -2.42. The zero-order valence-electron chi connectivity index (χ0n) is 16.8. The van der Waals surface area contributed by atoms with Gasteiger partial charge in [0.05, 0.1) is 25.1 Å². The zero-order chi connectivity index (χ0) is 20.6. The van der Waals surface area contributed by atoms with Crippen molar-refractivity contribution in [3.8, 4) is 0 Å². The molecule has 0 amide bonds. The van der Waals surface area contributed by atoms with E-state index in [0.717, 1.165) is 11.3 Å². The van der Waals surface area contributed by atoms with E-state index in [9.17, 15) is 15.3 Å². The molecule has 4 fully saturated rings. The number of anilines is 1. The van der Waals surface area contributed by atoms with Gasteiger partial charge in [0.1, 0.15) is 6.10 Å². The molecule has 8 nitrogen and oxygen atoms in total. The number of nitrogens with one attached hydrogen (secondary N) is 1. The molecular formula is C21H28IN5O3. The van der Waals surface area contributed by atoms with E-state index < -0.39 is 17.6 Å². The molecule has 2 aromatic heterocycles. The first-order valence-electron chi connectivity index (χ1n) is 11.2. The minimum atomic E-state index is -0.935. The highest BCUT2D eigenvalue weighted by atomic mass is 127. The molecule has 4 aliphatic carbocycles. The van der Waals surface area contributed by atoms with Gasteiger partial charge in [0, 0.05) is 34.0 Å². The highest BCUT2D eigenvalue weighted by Crippen LogP contribution is 2.67. The number of halogens is 1. The Hall–Kier alpha value is -1.04. The van der Waals surface area contributed by atoms with Gasteiger partial charge in [-0.1, -0.05) is 12.8 Å². The maximum atomic E-state index is 10.7. The average molecular weight is 525 g/mol. The van der Waals surface area contributed by atoms with E-state index in [4.69, 9.17) is 4.98 Å². The number of fused-ring (bicyclic) bond motifs is 2. The van der Waals surface area contributed by atoms with E-state index in [2.05, 4.69) is 37.9 Å². The highest BCUT2D eigenvalue weighted by Gasteiger charge is 2.71. The number of aliphatic hydroxyl groups excluding tert-OH is 3. The van der Waals surface area contributed by atoms with Crippen molar-refractivity contribution in [3.05, 3.63) is 10.2 Å². The summed E-state index contributed by atoms with van der Waals surface area (Å²) >= 11 is 2.14. The van der Waals surface area contributed by atoms with Gasteiger partial charge < -0.3 is 25.2 Å². The molecule has 162 valence electrons. The van der Waals surface area contributed by atoms with Crippen LogP contribution >= 0.6 is 22.6 Å². The SMILES string of the molecule is OC[C@@]12C[C@@H]1[C@@H](n1cnc3c(NC(C4CCC4)C4CCC4)nc(I)nc31)[C@H](O)[C@@H]2O. The summed E-state index contributed by atoms with van der Waals surface area (Å²) < 4.78 is 2.54. The fraction of sp³-hybridized carbons (Fsp3) is 0.762. The van der Waals surface area contributed by atoms with Crippen molar-refractivity contribution in [3.63, 3.8) is 0 Å². The van der Waals surface area contributed by atoms with Gasteiger partial charge in [-0.3, -0.25) is 0 Å². The van der Waals surface area contributed by atoms with E-state index in [-0.39, 0.29) is 18.6 Å². The Morgan fingerprint density at radius 1 is 1.17 bits per heavy atom. The Morgan fingerprint density at radius 2 is 1.87 bits per heavy atom. The van der Waals surface area contributed by atoms with E-state index in [1.54, 1.807) is 6.33 Å². The minimum absolute atomic E-state index is 0.0339. The summed E-state index contributed by atoms with van der Waals surface area (Å²) in [7, 11) is 0. The lowest BCUT2D eigenvalue weighted by Gasteiger charge is -2.43. The highest BCUT2D eigenvalue weighted by molar-refractivity contribution is 14.1. The maximum absolute atomic E-state index is 10.7. The van der Waals surface area contributed by atoms with Crippen molar-refractivity contribution in [1.82, 2.24) is 19.5 Å². The number of rotatable bonds is 6. The van der Waals surface area contributed by atoms with Crippen LogP contribution in [-0.4, -0.2) is 59.7 Å². The molecule has 9 heteroatoms. The van der Waals surface area contributed by atoms with Crippen LogP contribution in [-0.2, 0) is 0 Å². The average Bonchev–Trinajstić information content (AvgIpc) is 3.16. The molecule has 5 atom stereocenters. The van der Waals surface area contributed by atoms with Crippen LogP contribution in [0.15, 0.2) is 6.33 Å². The second-order valence-electron chi connectivity index (χ2n) is 9.85. The Bertz CT molecular complexity index is 963. The second kappa shape index (κ2) is 6.98. The number of hydrogen-bond acceptors (Lipinski definition) is 7. The predicted molar refractivity (Wildman–Crippen MR) is 119 cm³/mol. The Kier molecular flexibility index (Phi) is 4.57. The molecule has 0 bridgehead atoms. The van der Waals surface area contributed by atoms with E-state index >= 15 is 0 Å². The summed E-state index contributed by atoms with van der Waals surface area (Å²) in [6, 6.07) is 0.112. The molecule has 0 aliphatic heterocycles. The first kappa shape index (κ1) is 19.6.